The number of aryl methyl sites for hydroxylation is 2. The third-order valence-electron chi connectivity index (χ3n) is 6.07. The number of piperazine rings is 1. The molecular formula is C19H29N3O3S. The summed E-state index contributed by atoms with van der Waals surface area (Å²) in [7, 11) is 0.337. The van der Waals surface area contributed by atoms with Crippen molar-refractivity contribution < 1.29 is 13.2 Å². The second-order valence-electron chi connectivity index (χ2n) is 7.82. The molecule has 3 rings (SSSR count). The molecule has 0 aromatic heterocycles. The molecule has 2 fully saturated rings. The van der Waals surface area contributed by atoms with Crippen LogP contribution in [0.4, 0.5) is 0 Å². The van der Waals surface area contributed by atoms with Crippen molar-refractivity contribution in [3.8, 4) is 0 Å². The van der Waals surface area contributed by atoms with Crippen molar-refractivity contribution in [2.45, 2.75) is 43.5 Å². The van der Waals surface area contributed by atoms with E-state index in [1.54, 1.807) is 15.3 Å². The topological polar surface area (TPSA) is 60.9 Å². The number of carbonyl (C=O) groups is 1. The molecule has 1 atom stereocenters. The molecule has 2 saturated heterocycles. The monoisotopic (exact) mass is 379 g/mol. The number of hydrogen-bond donors (Lipinski definition) is 0. The van der Waals surface area contributed by atoms with Crippen LogP contribution in [0, 0.1) is 13.8 Å². The van der Waals surface area contributed by atoms with Crippen LogP contribution in [0.15, 0.2) is 23.1 Å². The summed E-state index contributed by atoms with van der Waals surface area (Å²) in [6, 6.07) is 5.57. The van der Waals surface area contributed by atoms with Gasteiger partial charge in [-0.2, -0.15) is 4.31 Å². The third kappa shape index (κ3) is 3.40. The maximum Gasteiger partial charge on any atom is 0.243 e. The first-order valence-corrected chi connectivity index (χ1v) is 10.6. The Bertz CT molecular complexity index is 808. The normalized spacial score (nSPS) is 26.3. The first-order chi connectivity index (χ1) is 12.2. The molecule has 144 valence electrons. The van der Waals surface area contributed by atoms with Crippen molar-refractivity contribution in [3.63, 3.8) is 0 Å². The Morgan fingerprint density at radius 3 is 2.50 bits per heavy atom. The van der Waals surface area contributed by atoms with E-state index in [0.29, 0.717) is 43.9 Å². The molecule has 1 aromatic carbocycles. The highest BCUT2D eigenvalue weighted by Crippen LogP contribution is 2.34. The average Bonchev–Trinajstić information content (AvgIpc) is 2.74. The second-order valence-corrected chi connectivity index (χ2v) is 9.73. The van der Waals surface area contributed by atoms with E-state index in [1.807, 2.05) is 33.0 Å². The number of nitrogens with zero attached hydrogens (tertiary/aromatic N) is 3. The first kappa shape index (κ1) is 19.3. The van der Waals surface area contributed by atoms with E-state index < -0.39 is 10.0 Å². The van der Waals surface area contributed by atoms with E-state index >= 15 is 0 Å². The molecule has 0 saturated carbocycles. The van der Waals surface area contributed by atoms with Crippen LogP contribution in [0.2, 0.25) is 0 Å². The lowest BCUT2D eigenvalue weighted by atomic mass is 9.87. The fraction of sp³-hybridized carbons (Fsp3) is 0.632. The SMILES string of the molecule is Cc1ccc(C)c(S(=O)(=O)N2CCN(C)[C@@]3(CCC(=O)N(C)CC3)C2)c1. The maximum absolute atomic E-state index is 13.3. The van der Waals surface area contributed by atoms with Gasteiger partial charge in [-0.05, 0) is 50.9 Å². The predicted molar refractivity (Wildman–Crippen MR) is 102 cm³/mol. The number of benzene rings is 1. The number of carbonyl (C=O) groups excluding carboxylic acids is 1. The quantitative estimate of drug-likeness (QED) is 0.783. The number of hydrogen-bond acceptors (Lipinski definition) is 4. The summed E-state index contributed by atoms with van der Waals surface area (Å²) in [5.74, 6) is 0.143. The van der Waals surface area contributed by atoms with E-state index in [9.17, 15) is 13.2 Å². The maximum atomic E-state index is 13.3. The van der Waals surface area contributed by atoms with Crippen LogP contribution in [0.5, 0.6) is 0 Å². The Hall–Kier alpha value is -1.44. The molecule has 0 bridgehead atoms. The minimum Gasteiger partial charge on any atom is -0.346 e. The lowest BCUT2D eigenvalue weighted by Gasteiger charge is -2.48. The molecule has 0 aliphatic carbocycles. The summed E-state index contributed by atoms with van der Waals surface area (Å²) in [4.78, 5) is 16.5. The zero-order valence-electron chi connectivity index (χ0n) is 16.2. The highest BCUT2D eigenvalue weighted by Gasteiger charge is 2.45. The fourth-order valence-corrected chi connectivity index (χ4v) is 5.87. The summed E-state index contributed by atoms with van der Waals surface area (Å²) < 4.78 is 28.3. The van der Waals surface area contributed by atoms with E-state index in [-0.39, 0.29) is 11.4 Å². The first-order valence-electron chi connectivity index (χ1n) is 9.18. The van der Waals surface area contributed by atoms with Crippen LogP contribution < -0.4 is 0 Å². The van der Waals surface area contributed by atoms with Gasteiger partial charge in [0.15, 0.2) is 0 Å². The lowest BCUT2D eigenvalue weighted by Crippen LogP contribution is -2.62. The van der Waals surface area contributed by atoms with Gasteiger partial charge in [-0.15, -0.1) is 0 Å². The largest absolute Gasteiger partial charge is 0.346 e. The van der Waals surface area contributed by atoms with Gasteiger partial charge in [0.1, 0.15) is 0 Å². The van der Waals surface area contributed by atoms with E-state index in [4.69, 9.17) is 0 Å². The summed E-state index contributed by atoms with van der Waals surface area (Å²) in [6.45, 7) is 6.04. The van der Waals surface area contributed by atoms with Gasteiger partial charge in [-0.1, -0.05) is 12.1 Å². The zero-order valence-corrected chi connectivity index (χ0v) is 17.0. The van der Waals surface area contributed by atoms with Crippen LogP contribution in [0.1, 0.15) is 30.4 Å². The molecule has 1 amide bonds. The Labute approximate surface area is 156 Å². The Morgan fingerprint density at radius 1 is 1.04 bits per heavy atom. The van der Waals surface area contributed by atoms with Gasteiger partial charge in [0, 0.05) is 45.2 Å². The molecule has 26 heavy (non-hydrogen) atoms. The van der Waals surface area contributed by atoms with Crippen LogP contribution >= 0.6 is 0 Å². The molecule has 6 nitrogen and oxygen atoms in total. The number of likely N-dealkylation sites (tertiary alicyclic amines) is 1. The molecule has 2 aliphatic rings. The zero-order chi connectivity index (χ0) is 19.1. The van der Waals surface area contributed by atoms with Gasteiger partial charge in [-0.25, -0.2) is 8.42 Å². The van der Waals surface area contributed by atoms with Crippen LogP contribution in [-0.4, -0.2) is 74.2 Å². The van der Waals surface area contributed by atoms with E-state index in [1.165, 1.54) is 0 Å². The summed E-state index contributed by atoms with van der Waals surface area (Å²) in [5, 5.41) is 0. The molecule has 1 aromatic rings. The van der Waals surface area contributed by atoms with Crippen molar-refractivity contribution in [2.75, 3.05) is 40.3 Å². The smallest absolute Gasteiger partial charge is 0.243 e. The number of likely N-dealkylation sites (N-methyl/N-ethyl adjacent to an activating group) is 1. The lowest BCUT2D eigenvalue weighted by molar-refractivity contribution is -0.129. The molecule has 1 spiro atoms. The predicted octanol–water partition coefficient (Wildman–Crippen LogP) is 1.62. The van der Waals surface area contributed by atoms with Gasteiger partial charge in [0.2, 0.25) is 15.9 Å². The number of rotatable bonds is 2. The summed E-state index contributed by atoms with van der Waals surface area (Å²) in [5.41, 5.74) is 1.45. The van der Waals surface area contributed by atoms with Crippen molar-refractivity contribution in [1.82, 2.24) is 14.1 Å². The molecular weight excluding hydrogens is 350 g/mol. The van der Waals surface area contributed by atoms with Crippen molar-refractivity contribution in [1.29, 1.82) is 0 Å². The van der Waals surface area contributed by atoms with Gasteiger partial charge >= 0.3 is 0 Å². The molecule has 2 aliphatic heterocycles. The number of amides is 1. The highest BCUT2D eigenvalue weighted by atomic mass is 32.2. The minimum atomic E-state index is -3.54. The molecule has 0 radical (unpaired) electrons. The summed E-state index contributed by atoms with van der Waals surface area (Å²) in [6.07, 6.45) is 1.97. The van der Waals surface area contributed by atoms with Crippen molar-refractivity contribution in [3.05, 3.63) is 29.3 Å². The standard InChI is InChI=1S/C19H29N3O3S/c1-15-5-6-16(2)17(13-15)26(24,25)22-12-11-21(4)19(14-22)8-7-18(23)20(3)10-9-19/h5-6,13H,7-12,14H2,1-4H3/t19-/m1/s1. The van der Waals surface area contributed by atoms with Crippen LogP contribution in [-0.2, 0) is 14.8 Å². The molecule has 0 unspecified atom stereocenters. The van der Waals surface area contributed by atoms with Crippen molar-refractivity contribution >= 4 is 15.9 Å². The Morgan fingerprint density at radius 2 is 1.77 bits per heavy atom. The second kappa shape index (κ2) is 6.94. The van der Waals surface area contributed by atoms with Crippen LogP contribution in [0.25, 0.3) is 0 Å². The molecule has 0 N–H and O–H groups in total. The molecule has 2 heterocycles. The van der Waals surface area contributed by atoms with Crippen LogP contribution in [0.3, 0.4) is 0 Å². The average molecular weight is 380 g/mol. The third-order valence-corrected chi connectivity index (χ3v) is 8.06. The van der Waals surface area contributed by atoms with Gasteiger partial charge in [0.25, 0.3) is 0 Å². The highest BCUT2D eigenvalue weighted by molar-refractivity contribution is 7.89. The van der Waals surface area contributed by atoms with E-state index in [0.717, 1.165) is 17.5 Å². The van der Waals surface area contributed by atoms with E-state index in [2.05, 4.69) is 11.9 Å². The number of sulfonamides is 1. The van der Waals surface area contributed by atoms with Crippen molar-refractivity contribution in [2.24, 2.45) is 0 Å². The Balaban J connectivity index is 1.92. The fourth-order valence-electron chi connectivity index (χ4n) is 4.05. The van der Waals surface area contributed by atoms with Gasteiger partial charge in [-0.3, -0.25) is 9.69 Å². The molecule has 7 heteroatoms. The van der Waals surface area contributed by atoms with Gasteiger partial charge < -0.3 is 4.90 Å². The summed E-state index contributed by atoms with van der Waals surface area (Å²) >= 11 is 0. The Kier molecular flexibility index (Phi) is 5.16. The van der Waals surface area contributed by atoms with Gasteiger partial charge in [0.05, 0.1) is 4.90 Å². The minimum absolute atomic E-state index is 0.143.